The molecule has 1 aliphatic carbocycles. The number of aliphatic hydroxyl groups excluding tert-OH is 1. The maximum atomic E-state index is 12.9. The molecular weight excluding hydrogens is 596 g/mol. The molecular formula is C34H48N2O8S. The van der Waals surface area contributed by atoms with Crippen molar-refractivity contribution >= 4 is 26.7 Å². The average molecular weight is 645 g/mol. The van der Waals surface area contributed by atoms with Crippen molar-refractivity contribution in [2.24, 2.45) is 0 Å². The number of aromatic hydroxyl groups is 1. The van der Waals surface area contributed by atoms with Gasteiger partial charge in [0.1, 0.15) is 5.75 Å². The smallest absolute Gasteiger partial charge is 0.300 e. The van der Waals surface area contributed by atoms with Gasteiger partial charge in [-0.2, -0.15) is 0 Å². The number of rotatable bonds is 17. The van der Waals surface area contributed by atoms with Crippen LogP contribution in [0.15, 0.2) is 58.2 Å². The zero-order chi connectivity index (χ0) is 32.7. The highest BCUT2D eigenvalue weighted by Crippen LogP contribution is 2.30. The Kier molecular flexibility index (Phi) is 15.0. The molecule has 1 fully saturated rings. The van der Waals surface area contributed by atoms with Crippen LogP contribution in [0.1, 0.15) is 88.4 Å². The van der Waals surface area contributed by atoms with Crippen molar-refractivity contribution < 1.29 is 33.3 Å². The maximum absolute atomic E-state index is 12.9. The van der Waals surface area contributed by atoms with E-state index in [0.29, 0.717) is 27.9 Å². The zero-order valence-corrected chi connectivity index (χ0v) is 27.0. The summed E-state index contributed by atoms with van der Waals surface area (Å²) < 4.78 is 31.5. The van der Waals surface area contributed by atoms with Gasteiger partial charge in [0.25, 0.3) is 5.97 Å². The number of aromatic nitrogens is 1. The summed E-state index contributed by atoms with van der Waals surface area (Å²) >= 11 is 0. The number of carboxylic acid groups (broad SMARTS) is 1. The first-order valence-electron chi connectivity index (χ1n) is 15.9. The van der Waals surface area contributed by atoms with Crippen LogP contribution in [0.3, 0.4) is 0 Å². The minimum absolute atomic E-state index is 0.0135. The second-order valence-electron chi connectivity index (χ2n) is 11.6. The van der Waals surface area contributed by atoms with E-state index in [2.05, 4.69) is 10.3 Å². The number of phenolic OH excluding ortho intramolecular Hbond substituents is 1. The fourth-order valence-electron chi connectivity index (χ4n) is 5.61. The Balaban J connectivity index is 0.00000130. The number of aliphatic carboxylic acids is 1. The molecule has 0 radical (unpaired) electrons. The first-order chi connectivity index (χ1) is 21.6. The Morgan fingerprint density at radius 1 is 1.00 bits per heavy atom. The second kappa shape index (κ2) is 18.7. The molecule has 248 valence electrons. The predicted octanol–water partition coefficient (Wildman–Crippen LogP) is 5.26. The maximum Gasteiger partial charge on any atom is 0.300 e. The number of aryl methyl sites for hydroxylation is 1. The van der Waals surface area contributed by atoms with Crippen LogP contribution in [0.5, 0.6) is 5.75 Å². The molecule has 1 aliphatic rings. The van der Waals surface area contributed by atoms with Gasteiger partial charge in [0.05, 0.1) is 21.8 Å². The van der Waals surface area contributed by atoms with E-state index in [1.54, 1.807) is 18.2 Å². The Morgan fingerprint density at radius 2 is 1.69 bits per heavy atom. The number of hydrogen-bond acceptors (Lipinski definition) is 8. The van der Waals surface area contributed by atoms with E-state index in [1.165, 1.54) is 12.1 Å². The second-order valence-corrected chi connectivity index (χ2v) is 13.8. The van der Waals surface area contributed by atoms with E-state index >= 15 is 0 Å². The van der Waals surface area contributed by atoms with Crippen LogP contribution in [0.25, 0.3) is 10.9 Å². The Morgan fingerprint density at radius 3 is 2.42 bits per heavy atom. The van der Waals surface area contributed by atoms with Gasteiger partial charge in [0, 0.05) is 38.1 Å². The summed E-state index contributed by atoms with van der Waals surface area (Å²) in [4.78, 5) is 23.7. The number of ether oxygens (including phenoxy) is 1. The number of unbranched alkanes of at least 4 members (excludes halogenated alkanes) is 4. The van der Waals surface area contributed by atoms with Crippen molar-refractivity contribution in [1.29, 1.82) is 0 Å². The molecule has 1 atom stereocenters. The Bertz CT molecular complexity index is 1510. The highest BCUT2D eigenvalue weighted by molar-refractivity contribution is 7.92. The lowest BCUT2D eigenvalue weighted by Crippen LogP contribution is -2.22. The molecule has 0 bridgehead atoms. The molecule has 1 saturated carbocycles. The predicted molar refractivity (Wildman–Crippen MR) is 175 cm³/mol. The number of aromatic amines is 1. The monoisotopic (exact) mass is 644 g/mol. The topological polar surface area (TPSA) is 166 Å². The number of hydrogen-bond donors (Lipinski definition) is 5. The minimum Gasteiger partial charge on any atom is -0.506 e. The third-order valence-corrected chi connectivity index (χ3v) is 10.2. The van der Waals surface area contributed by atoms with Gasteiger partial charge in [-0.3, -0.25) is 9.59 Å². The molecule has 10 nitrogen and oxygen atoms in total. The quantitative estimate of drug-likeness (QED) is 0.123. The van der Waals surface area contributed by atoms with Crippen LogP contribution < -0.4 is 10.9 Å². The lowest BCUT2D eigenvalue weighted by Gasteiger charge is -2.15. The van der Waals surface area contributed by atoms with Gasteiger partial charge in [-0.1, -0.05) is 43.9 Å². The van der Waals surface area contributed by atoms with Crippen molar-refractivity contribution in [1.82, 2.24) is 10.3 Å². The van der Waals surface area contributed by atoms with Gasteiger partial charge in [-0.25, -0.2) is 8.42 Å². The third kappa shape index (κ3) is 11.9. The molecule has 0 saturated heterocycles. The summed E-state index contributed by atoms with van der Waals surface area (Å²) in [5, 5.41) is 31.8. The van der Waals surface area contributed by atoms with E-state index in [1.807, 2.05) is 18.2 Å². The number of benzene rings is 2. The number of phenols is 1. The van der Waals surface area contributed by atoms with E-state index in [4.69, 9.17) is 14.6 Å². The molecule has 0 unspecified atom stereocenters. The highest BCUT2D eigenvalue weighted by atomic mass is 32.2. The van der Waals surface area contributed by atoms with Crippen LogP contribution in [-0.4, -0.2) is 66.2 Å². The largest absolute Gasteiger partial charge is 0.506 e. The van der Waals surface area contributed by atoms with Gasteiger partial charge < -0.3 is 30.4 Å². The van der Waals surface area contributed by atoms with E-state index in [-0.39, 0.29) is 16.6 Å². The van der Waals surface area contributed by atoms with Crippen molar-refractivity contribution in [3.05, 3.63) is 70.0 Å². The molecule has 3 aromatic rings. The zero-order valence-electron chi connectivity index (χ0n) is 26.2. The number of aliphatic hydroxyl groups is 1. The summed E-state index contributed by atoms with van der Waals surface area (Å²) in [6, 6.07) is 13.7. The summed E-state index contributed by atoms with van der Waals surface area (Å²) in [7, 11) is -3.20. The van der Waals surface area contributed by atoms with Crippen LogP contribution in [0.2, 0.25) is 0 Å². The molecule has 45 heavy (non-hydrogen) atoms. The Hall–Kier alpha value is -3.25. The third-order valence-electron chi connectivity index (χ3n) is 7.97. The molecule has 11 heteroatoms. The van der Waals surface area contributed by atoms with E-state index in [0.717, 1.165) is 103 Å². The standard InChI is InChI=1S/C32H44N2O6S.C2H4O2/c35-29-17-15-27(28-16-18-31(37)34-32(28)29)30(36)23-33-19-6-1-2-7-20-40-21-8-5-10-24-11-9-14-26(22-24)41(38,39)25-12-3-4-13-25;1-2(3)4/h9,11,14-18,22,25,30,33,35-36H,1-8,10,12-13,19-21,23H2,(H,34,37);1H3,(H,3,4)/t30-;/m0./s1. The summed E-state index contributed by atoms with van der Waals surface area (Å²) in [5.41, 5.74) is 1.79. The SMILES string of the molecule is CC(=O)O.O=c1ccc2c([C@@H](O)CNCCCCCCOCCCCc3cccc(S(=O)(=O)C4CCCC4)c3)ccc(O)c2[nH]1. The number of pyridine rings is 1. The molecule has 1 aromatic heterocycles. The number of fused-ring (bicyclic) bond motifs is 1. The molecule has 0 aliphatic heterocycles. The molecule has 5 N–H and O–H groups in total. The number of sulfone groups is 1. The molecule has 1 heterocycles. The van der Waals surface area contributed by atoms with Gasteiger partial charge in [0.2, 0.25) is 5.56 Å². The fourth-order valence-corrected chi connectivity index (χ4v) is 7.53. The molecule has 0 amide bonds. The molecule has 2 aromatic carbocycles. The highest BCUT2D eigenvalue weighted by Gasteiger charge is 2.30. The fraction of sp³-hybridized carbons (Fsp3) is 0.529. The average Bonchev–Trinajstić information content (AvgIpc) is 3.56. The first-order valence-corrected chi connectivity index (χ1v) is 17.5. The van der Waals surface area contributed by atoms with Crippen LogP contribution >= 0.6 is 0 Å². The van der Waals surface area contributed by atoms with Crippen molar-refractivity contribution in [2.75, 3.05) is 26.3 Å². The summed E-state index contributed by atoms with van der Waals surface area (Å²) in [5.74, 6) is -0.847. The van der Waals surface area contributed by atoms with Gasteiger partial charge in [-0.15, -0.1) is 0 Å². The van der Waals surface area contributed by atoms with Crippen LogP contribution in [0.4, 0.5) is 0 Å². The van der Waals surface area contributed by atoms with Crippen molar-refractivity contribution in [3.63, 3.8) is 0 Å². The summed E-state index contributed by atoms with van der Waals surface area (Å²) in [6.07, 6.45) is 9.84. The minimum atomic E-state index is -3.20. The number of carboxylic acids is 1. The number of nitrogens with one attached hydrogen (secondary N) is 2. The first kappa shape index (κ1) is 36.2. The number of carbonyl (C=O) groups is 1. The van der Waals surface area contributed by atoms with Crippen molar-refractivity contribution in [3.8, 4) is 5.75 Å². The van der Waals surface area contributed by atoms with E-state index in [9.17, 15) is 23.4 Å². The van der Waals surface area contributed by atoms with Gasteiger partial charge in [-0.05, 0) is 86.9 Å². The normalized spacial score (nSPS) is 14.3. The molecule has 4 rings (SSSR count). The van der Waals surface area contributed by atoms with Crippen molar-refractivity contribution in [2.45, 2.75) is 93.8 Å². The van der Waals surface area contributed by atoms with Crippen LogP contribution in [0, 0.1) is 0 Å². The lowest BCUT2D eigenvalue weighted by atomic mass is 10.0. The van der Waals surface area contributed by atoms with Gasteiger partial charge in [0.15, 0.2) is 9.84 Å². The summed E-state index contributed by atoms with van der Waals surface area (Å²) in [6.45, 7) is 3.74. The Labute approximate surface area is 265 Å². The van der Waals surface area contributed by atoms with Gasteiger partial charge >= 0.3 is 0 Å². The lowest BCUT2D eigenvalue weighted by molar-refractivity contribution is -0.134. The molecule has 0 spiro atoms. The van der Waals surface area contributed by atoms with E-state index < -0.39 is 21.9 Å². The van der Waals surface area contributed by atoms with Crippen LogP contribution in [-0.2, 0) is 25.8 Å². The number of H-pyrrole nitrogens is 1.